The molecule has 9 heteroatoms. The first kappa shape index (κ1) is 18.1. The van der Waals surface area contributed by atoms with Gasteiger partial charge in [0.2, 0.25) is 0 Å². The van der Waals surface area contributed by atoms with Crippen molar-refractivity contribution in [3.05, 3.63) is 32.4 Å². The Morgan fingerprint density at radius 1 is 1.14 bits per heavy atom. The first-order valence-electron chi connectivity index (χ1n) is 5.59. The highest BCUT2D eigenvalue weighted by Gasteiger charge is 2.39. The summed E-state index contributed by atoms with van der Waals surface area (Å²) in [7, 11) is 0. The highest BCUT2D eigenvalue weighted by atomic mass is 127. The molecular weight excluding hydrogens is 417 g/mol. The molecule has 0 heterocycles. The lowest BCUT2D eigenvalue weighted by Gasteiger charge is -2.16. The zero-order valence-electron chi connectivity index (χ0n) is 10.5. The molecule has 0 atom stereocenters. The standard InChI is InChI=1S/C12H9F6IO2/c1-2-21-9(20)4-6-3-7(11(13,14)15)5-8(10(6)19)12(16,17)18/h3,5H,2,4H2,1H3. The smallest absolute Gasteiger partial charge is 0.417 e. The van der Waals surface area contributed by atoms with Gasteiger partial charge in [-0.3, -0.25) is 4.79 Å². The van der Waals surface area contributed by atoms with E-state index >= 15 is 0 Å². The summed E-state index contributed by atoms with van der Waals surface area (Å²) in [6.07, 6.45) is -10.5. The molecule has 118 valence electrons. The molecule has 0 aliphatic heterocycles. The fourth-order valence-corrected chi connectivity index (χ4v) is 2.36. The number of carbonyl (C=O) groups excluding carboxylic acids is 1. The molecule has 0 bridgehead atoms. The third-order valence-corrected chi connectivity index (χ3v) is 3.69. The second-order valence-electron chi connectivity index (χ2n) is 3.97. The van der Waals surface area contributed by atoms with Gasteiger partial charge in [-0.2, -0.15) is 26.3 Å². The van der Waals surface area contributed by atoms with Gasteiger partial charge in [0.05, 0.1) is 24.2 Å². The van der Waals surface area contributed by atoms with E-state index in [1.54, 1.807) is 0 Å². The van der Waals surface area contributed by atoms with Crippen LogP contribution in [-0.4, -0.2) is 12.6 Å². The minimum absolute atomic E-state index is 0.0134. The fourth-order valence-electron chi connectivity index (χ4n) is 1.55. The van der Waals surface area contributed by atoms with Gasteiger partial charge in [-0.1, -0.05) is 0 Å². The summed E-state index contributed by atoms with van der Waals surface area (Å²) < 4.78 is 80.5. The van der Waals surface area contributed by atoms with Crippen LogP contribution < -0.4 is 0 Å². The molecule has 0 radical (unpaired) electrons. The maximum Gasteiger partial charge on any atom is 0.417 e. The topological polar surface area (TPSA) is 26.3 Å². The summed E-state index contributed by atoms with van der Waals surface area (Å²) in [5, 5.41) is 0. The van der Waals surface area contributed by atoms with Crippen molar-refractivity contribution >= 4 is 28.6 Å². The van der Waals surface area contributed by atoms with Gasteiger partial charge >= 0.3 is 18.3 Å². The fraction of sp³-hybridized carbons (Fsp3) is 0.417. The second-order valence-corrected chi connectivity index (χ2v) is 5.05. The predicted molar refractivity (Wildman–Crippen MR) is 69.5 cm³/mol. The Balaban J connectivity index is 3.38. The molecule has 0 saturated carbocycles. The highest BCUT2D eigenvalue weighted by Crippen LogP contribution is 2.39. The second kappa shape index (κ2) is 6.41. The van der Waals surface area contributed by atoms with Gasteiger partial charge in [0.15, 0.2) is 0 Å². The van der Waals surface area contributed by atoms with Crippen LogP contribution in [0, 0.1) is 3.57 Å². The van der Waals surface area contributed by atoms with Crippen molar-refractivity contribution in [1.29, 1.82) is 0 Å². The van der Waals surface area contributed by atoms with E-state index in [2.05, 4.69) is 4.74 Å². The summed E-state index contributed by atoms with van der Waals surface area (Å²) in [6, 6.07) is 0.574. The first-order chi connectivity index (χ1) is 9.46. The molecule has 0 unspecified atom stereocenters. The Kier molecular flexibility index (Phi) is 5.51. The Bertz CT molecular complexity index is 536. The summed E-state index contributed by atoms with van der Waals surface area (Å²) in [4.78, 5) is 11.3. The predicted octanol–water partition coefficient (Wildman–Crippen LogP) is 4.43. The number of rotatable bonds is 3. The van der Waals surface area contributed by atoms with Gasteiger partial charge in [0, 0.05) is 3.57 Å². The highest BCUT2D eigenvalue weighted by molar-refractivity contribution is 14.1. The van der Waals surface area contributed by atoms with Crippen molar-refractivity contribution in [2.24, 2.45) is 0 Å². The van der Waals surface area contributed by atoms with E-state index in [-0.39, 0.29) is 18.2 Å². The summed E-state index contributed by atoms with van der Waals surface area (Å²) in [5.41, 5.74) is -3.23. The minimum Gasteiger partial charge on any atom is -0.466 e. The van der Waals surface area contributed by atoms with Crippen LogP contribution in [0.5, 0.6) is 0 Å². The van der Waals surface area contributed by atoms with Crippen molar-refractivity contribution in [3.63, 3.8) is 0 Å². The Morgan fingerprint density at radius 2 is 1.71 bits per heavy atom. The van der Waals surface area contributed by atoms with Crippen molar-refractivity contribution in [3.8, 4) is 0 Å². The van der Waals surface area contributed by atoms with Crippen LogP contribution in [0.15, 0.2) is 12.1 Å². The first-order valence-corrected chi connectivity index (χ1v) is 6.67. The number of halogens is 7. The third-order valence-electron chi connectivity index (χ3n) is 2.42. The molecule has 1 aromatic carbocycles. The maximum atomic E-state index is 12.8. The lowest BCUT2D eigenvalue weighted by atomic mass is 10.0. The number of benzene rings is 1. The SMILES string of the molecule is CCOC(=O)Cc1cc(C(F)(F)F)cc(C(F)(F)F)c1I. The van der Waals surface area contributed by atoms with Crippen molar-refractivity contribution in [2.75, 3.05) is 6.61 Å². The van der Waals surface area contributed by atoms with Crippen LogP contribution in [0.4, 0.5) is 26.3 Å². The molecule has 2 nitrogen and oxygen atoms in total. The zero-order chi connectivity index (χ0) is 16.4. The third kappa shape index (κ3) is 4.75. The van der Waals surface area contributed by atoms with Gasteiger partial charge in [-0.05, 0) is 47.2 Å². The number of hydrogen-bond donors (Lipinski definition) is 0. The lowest BCUT2D eigenvalue weighted by Crippen LogP contribution is -2.16. The molecule has 21 heavy (non-hydrogen) atoms. The molecule has 0 aromatic heterocycles. The quantitative estimate of drug-likeness (QED) is 0.406. The Morgan fingerprint density at radius 3 is 2.14 bits per heavy atom. The molecule has 0 spiro atoms. The number of ether oxygens (including phenoxy) is 1. The van der Waals surface area contributed by atoms with E-state index in [0.29, 0.717) is 6.07 Å². The number of alkyl halides is 6. The van der Waals surface area contributed by atoms with Crippen LogP contribution in [0.2, 0.25) is 0 Å². The summed E-state index contributed by atoms with van der Waals surface area (Å²) in [5.74, 6) is -0.886. The molecule has 0 N–H and O–H groups in total. The number of esters is 1. The van der Waals surface area contributed by atoms with E-state index in [0.717, 1.165) is 0 Å². The Hall–Kier alpha value is -1.00. The largest absolute Gasteiger partial charge is 0.466 e. The van der Waals surface area contributed by atoms with Crippen LogP contribution >= 0.6 is 22.6 Å². The van der Waals surface area contributed by atoms with Gasteiger partial charge < -0.3 is 4.74 Å². The zero-order valence-corrected chi connectivity index (χ0v) is 12.7. The van der Waals surface area contributed by atoms with Gasteiger partial charge in [-0.15, -0.1) is 0 Å². The van der Waals surface area contributed by atoms with Crippen molar-refractivity contribution < 1.29 is 35.9 Å². The minimum atomic E-state index is -4.94. The number of carbonyl (C=O) groups is 1. The van der Waals surface area contributed by atoms with E-state index in [1.807, 2.05) is 0 Å². The van der Waals surface area contributed by atoms with Crippen molar-refractivity contribution in [2.45, 2.75) is 25.7 Å². The van der Waals surface area contributed by atoms with Gasteiger partial charge in [0.1, 0.15) is 0 Å². The van der Waals surface area contributed by atoms with Gasteiger partial charge in [-0.25, -0.2) is 0 Å². The van der Waals surface area contributed by atoms with Crippen LogP contribution in [0.25, 0.3) is 0 Å². The van der Waals surface area contributed by atoms with E-state index in [9.17, 15) is 31.1 Å². The molecule has 1 aromatic rings. The molecule has 0 amide bonds. The molecule has 0 fully saturated rings. The normalized spacial score (nSPS) is 12.4. The number of hydrogen-bond acceptors (Lipinski definition) is 2. The molecule has 1 rings (SSSR count). The van der Waals surface area contributed by atoms with Crippen LogP contribution in [-0.2, 0) is 28.3 Å². The summed E-state index contributed by atoms with van der Waals surface area (Å²) in [6.45, 7) is 1.47. The van der Waals surface area contributed by atoms with Crippen molar-refractivity contribution in [1.82, 2.24) is 0 Å². The molecule has 0 aliphatic rings. The average molecular weight is 426 g/mol. The van der Waals surface area contributed by atoms with E-state index in [4.69, 9.17) is 0 Å². The Labute approximate surface area is 129 Å². The van der Waals surface area contributed by atoms with Crippen LogP contribution in [0.3, 0.4) is 0 Å². The van der Waals surface area contributed by atoms with Gasteiger partial charge in [0.25, 0.3) is 0 Å². The molecule has 0 saturated heterocycles. The lowest BCUT2D eigenvalue weighted by molar-refractivity contribution is -0.145. The van der Waals surface area contributed by atoms with E-state index in [1.165, 1.54) is 29.5 Å². The average Bonchev–Trinajstić information content (AvgIpc) is 2.28. The molecular formula is C12H9F6IO2. The maximum absolute atomic E-state index is 12.8. The van der Waals surface area contributed by atoms with Crippen LogP contribution in [0.1, 0.15) is 23.6 Å². The molecule has 0 aliphatic carbocycles. The monoisotopic (exact) mass is 426 g/mol. The van der Waals surface area contributed by atoms with E-state index < -0.39 is 39.4 Å². The summed E-state index contributed by atoms with van der Waals surface area (Å²) >= 11 is 1.28.